The highest BCUT2D eigenvalue weighted by Crippen LogP contribution is 2.23. The molecule has 0 radical (unpaired) electrons. The molecule has 1 fully saturated rings. The molecule has 1 aliphatic heterocycles. The van der Waals surface area contributed by atoms with Crippen molar-refractivity contribution >= 4 is 23.6 Å². The second-order valence-electron chi connectivity index (χ2n) is 5.26. The Morgan fingerprint density at radius 1 is 1.39 bits per heavy atom. The zero-order chi connectivity index (χ0) is 13.9. The molecule has 2 unspecified atom stereocenters. The summed E-state index contributed by atoms with van der Waals surface area (Å²) in [6.07, 6.45) is 0.661. The first-order chi connectivity index (χ1) is 8.35. The van der Waals surface area contributed by atoms with Crippen molar-refractivity contribution in [3.05, 3.63) is 0 Å². The summed E-state index contributed by atoms with van der Waals surface area (Å²) in [6, 6.07) is -0.226. The standard InChI is InChI=1S/C13H24N2O2S/c1-6-10-11(16)14-13(4,5)12(17)15(10)9(3)8-18-7-2/h9-10H,6-8H2,1-5H3,(H,14,16). The van der Waals surface area contributed by atoms with Gasteiger partial charge in [0.25, 0.3) is 0 Å². The monoisotopic (exact) mass is 272 g/mol. The lowest BCUT2D eigenvalue weighted by atomic mass is 9.94. The third kappa shape index (κ3) is 2.99. The van der Waals surface area contributed by atoms with Crippen LogP contribution < -0.4 is 5.32 Å². The summed E-state index contributed by atoms with van der Waals surface area (Å²) >= 11 is 1.80. The van der Waals surface area contributed by atoms with Gasteiger partial charge < -0.3 is 10.2 Å². The van der Waals surface area contributed by atoms with Gasteiger partial charge >= 0.3 is 0 Å². The normalized spacial score (nSPS) is 24.9. The molecular weight excluding hydrogens is 248 g/mol. The van der Waals surface area contributed by atoms with E-state index in [2.05, 4.69) is 12.2 Å². The average molecular weight is 272 g/mol. The Labute approximate surface area is 114 Å². The third-order valence-electron chi connectivity index (χ3n) is 3.27. The molecule has 1 heterocycles. The summed E-state index contributed by atoms with van der Waals surface area (Å²) < 4.78 is 0. The minimum atomic E-state index is -0.784. The van der Waals surface area contributed by atoms with E-state index in [0.717, 1.165) is 11.5 Å². The van der Waals surface area contributed by atoms with Gasteiger partial charge in [0.2, 0.25) is 11.8 Å². The van der Waals surface area contributed by atoms with Gasteiger partial charge in [0.15, 0.2) is 0 Å². The van der Waals surface area contributed by atoms with Crippen LogP contribution in [0.25, 0.3) is 0 Å². The van der Waals surface area contributed by atoms with Crippen molar-refractivity contribution in [2.24, 2.45) is 0 Å². The summed E-state index contributed by atoms with van der Waals surface area (Å²) in [7, 11) is 0. The maximum Gasteiger partial charge on any atom is 0.248 e. The number of nitrogens with zero attached hydrogens (tertiary/aromatic N) is 1. The maximum atomic E-state index is 12.5. The van der Waals surface area contributed by atoms with E-state index >= 15 is 0 Å². The largest absolute Gasteiger partial charge is 0.340 e. The number of thioether (sulfide) groups is 1. The lowest BCUT2D eigenvalue weighted by molar-refractivity contribution is -0.155. The number of hydrogen-bond acceptors (Lipinski definition) is 3. The lowest BCUT2D eigenvalue weighted by Crippen LogP contribution is -2.69. The van der Waals surface area contributed by atoms with E-state index in [4.69, 9.17) is 0 Å². The van der Waals surface area contributed by atoms with E-state index in [0.29, 0.717) is 6.42 Å². The van der Waals surface area contributed by atoms with E-state index in [1.165, 1.54) is 0 Å². The van der Waals surface area contributed by atoms with Crippen molar-refractivity contribution in [2.75, 3.05) is 11.5 Å². The first-order valence-electron chi connectivity index (χ1n) is 6.57. The molecular formula is C13H24N2O2S. The molecule has 18 heavy (non-hydrogen) atoms. The molecule has 0 aromatic rings. The number of carbonyl (C=O) groups excluding carboxylic acids is 2. The van der Waals surface area contributed by atoms with Crippen LogP contribution in [0.15, 0.2) is 0 Å². The molecule has 0 aromatic carbocycles. The van der Waals surface area contributed by atoms with Crippen LogP contribution in [0.1, 0.15) is 41.0 Å². The number of rotatable bonds is 5. The summed E-state index contributed by atoms with van der Waals surface area (Å²) in [5, 5.41) is 2.81. The highest BCUT2D eigenvalue weighted by Gasteiger charge is 2.45. The SMILES string of the molecule is CCSCC(C)N1C(=O)C(C)(C)NC(=O)C1CC. The van der Waals surface area contributed by atoms with Crippen LogP contribution in [0.2, 0.25) is 0 Å². The van der Waals surface area contributed by atoms with Crippen LogP contribution in [0.3, 0.4) is 0 Å². The van der Waals surface area contributed by atoms with Gasteiger partial charge in [0, 0.05) is 11.8 Å². The number of piperazine rings is 1. The van der Waals surface area contributed by atoms with Gasteiger partial charge in [-0.1, -0.05) is 13.8 Å². The third-order valence-corrected chi connectivity index (χ3v) is 4.39. The second kappa shape index (κ2) is 5.95. The Balaban J connectivity index is 2.93. The molecule has 1 N–H and O–H groups in total. The zero-order valence-corrected chi connectivity index (χ0v) is 12.8. The van der Waals surface area contributed by atoms with Gasteiger partial charge in [-0.15, -0.1) is 0 Å². The maximum absolute atomic E-state index is 12.5. The Kier molecular flexibility index (Phi) is 5.08. The molecule has 1 saturated heterocycles. The van der Waals surface area contributed by atoms with Crippen LogP contribution in [-0.2, 0) is 9.59 Å². The first-order valence-corrected chi connectivity index (χ1v) is 7.73. The highest BCUT2D eigenvalue weighted by molar-refractivity contribution is 7.99. The molecule has 4 nitrogen and oxygen atoms in total. The molecule has 0 saturated carbocycles. The summed E-state index contributed by atoms with van der Waals surface area (Å²) in [4.78, 5) is 26.3. The van der Waals surface area contributed by atoms with E-state index in [1.807, 2.05) is 13.8 Å². The predicted molar refractivity (Wildman–Crippen MR) is 75.6 cm³/mol. The fraction of sp³-hybridized carbons (Fsp3) is 0.846. The Morgan fingerprint density at radius 3 is 2.50 bits per heavy atom. The molecule has 0 aliphatic carbocycles. The van der Waals surface area contributed by atoms with Crippen molar-refractivity contribution < 1.29 is 9.59 Å². The molecule has 0 spiro atoms. The molecule has 0 aromatic heterocycles. The number of amides is 2. The Bertz CT molecular complexity index is 331. The van der Waals surface area contributed by atoms with Crippen LogP contribution in [0, 0.1) is 0 Å². The second-order valence-corrected chi connectivity index (χ2v) is 6.58. The molecule has 0 bridgehead atoms. The van der Waals surface area contributed by atoms with Gasteiger partial charge in [0.1, 0.15) is 11.6 Å². The molecule has 2 atom stereocenters. The van der Waals surface area contributed by atoms with E-state index in [1.54, 1.807) is 30.5 Å². The zero-order valence-electron chi connectivity index (χ0n) is 11.9. The summed E-state index contributed by atoms with van der Waals surface area (Å²) in [5.74, 6) is 1.90. The van der Waals surface area contributed by atoms with Gasteiger partial charge in [0.05, 0.1) is 0 Å². The number of hydrogen-bond donors (Lipinski definition) is 1. The van der Waals surface area contributed by atoms with Crippen LogP contribution >= 0.6 is 11.8 Å². The van der Waals surface area contributed by atoms with Crippen molar-refractivity contribution in [2.45, 2.75) is 58.7 Å². The van der Waals surface area contributed by atoms with Crippen LogP contribution in [-0.4, -0.2) is 45.8 Å². The summed E-state index contributed by atoms with van der Waals surface area (Å²) in [6.45, 7) is 9.61. The molecule has 1 aliphatic rings. The van der Waals surface area contributed by atoms with E-state index < -0.39 is 5.54 Å². The summed E-state index contributed by atoms with van der Waals surface area (Å²) in [5.41, 5.74) is -0.784. The average Bonchev–Trinajstić information content (AvgIpc) is 2.29. The minimum Gasteiger partial charge on any atom is -0.340 e. The lowest BCUT2D eigenvalue weighted by Gasteiger charge is -2.45. The minimum absolute atomic E-state index is 0.0261. The van der Waals surface area contributed by atoms with Crippen LogP contribution in [0.4, 0.5) is 0 Å². The van der Waals surface area contributed by atoms with Crippen molar-refractivity contribution in [1.29, 1.82) is 0 Å². The number of nitrogens with one attached hydrogen (secondary N) is 1. The van der Waals surface area contributed by atoms with E-state index in [9.17, 15) is 9.59 Å². The van der Waals surface area contributed by atoms with E-state index in [-0.39, 0.29) is 23.9 Å². The smallest absolute Gasteiger partial charge is 0.248 e. The van der Waals surface area contributed by atoms with Gasteiger partial charge in [-0.25, -0.2) is 0 Å². The van der Waals surface area contributed by atoms with Gasteiger partial charge in [-0.05, 0) is 32.9 Å². The van der Waals surface area contributed by atoms with Gasteiger partial charge in [-0.3, -0.25) is 9.59 Å². The fourth-order valence-electron chi connectivity index (χ4n) is 2.29. The number of carbonyl (C=O) groups is 2. The fourth-order valence-corrected chi connectivity index (χ4v) is 3.03. The van der Waals surface area contributed by atoms with Crippen molar-refractivity contribution in [3.8, 4) is 0 Å². The quantitative estimate of drug-likeness (QED) is 0.828. The van der Waals surface area contributed by atoms with Crippen molar-refractivity contribution in [3.63, 3.8) is 0 Å². The molecule has 1 rings (SSSR count). The van der Waals surface area contributed by atoms with Crippen molar-refractivity contribution in [1.82, 2.24) is 10.2 Å². The molecule has 2 amide bonds. The first kappa shape index (κ1) is 15.3. The Hall–Kier alpha value is -0.710. The highest BCUT2D eigenvalue weighted by atomic mass is 32.2. The Morgan fingerprint density at radius 2 is 2.00 bits per heavy atom. The molecule has 5 heteroatoms. The van der Waals surface area contributed by atoms with Crippen LogP contribution in [0.5, 0.6) is 0 Å². The molecule has 104 valence electrons. The van der Waals surface area contributed by atoms with Gasteiger partial charge in [-0.2, -0.15) is 11.8 Å². The topological polar surface area (TPSA) is 49.4 Å². The predicted octanol–water partition coefficient (Wildman–Crippen LogP) is 1.64.